The molecule has 7 heteroatoms. The molecule has 0 radical (unpaired) electrons. The van der Waals surface area contributed by atoms with Crippen LogP contribution in [0, 0.1) is 12.8 Å². The lowest BCUT2D eigenvalue weighted by atomic mass is 10.2. The molecule has 1 saturated carbocycles. The summed E-state index contributed by atoms with van der Waals surface area (Å²) in [6.45, 7) is 3.88. The van der Waals surface area contributed by atoms with Crippen LogP contribution < -0.4 is 10.4 Å². The molecule has 1 saturated heterocycles. The zero-order valence-electron chi connectivity index (χ0n) is 17.2. The van der Waals surface area contributed by atoms with E-state index in [2.05, 4.69) is 4.98 Å². The van der Waals surface area contributed by atoms with Crippen molar-refractivity contribution in [1.29, 1.82) is 0 Å². The van der Waals surface area contributed by atoms with E-state index in [1.54, 1.807) is 15.7 Å². The summed E-state index contributed by atoms with van der Waals surface area (Å²) >= 11 is 0. The normalized spacial score (nSPS) is 18.8. The van der Waals surface area contributed by atoms with Crippen LogP contribution in [0.3, 0.4) is 0 Å². The fourth-order valence-corrected chi connectivity index (χ4v) is 4.29. The zero-order chi connectivity index (χ0) is 20.7. The third-order valence-corrected chi connectivity index (χ3v) is 6.09. The van der Waals surface area contributed by atoms with Gasteiger partial charge in [-0.05, 0) is 61.9 Å². The van der Waals surface area contributed by atoms with E-state index < -0.39 is 0 Å². The van der Waals surface area contributed by atoms with E-state index in [9.17, 15) is 9.59 Å². The molecule has 1 amide bonds. The average molecular weight is 406 g/mol. The molecule has 2 aromatic heterocycles. The first-order valence-electron chi connectivity index (χ1n) is 10.6. The molecule has 1 aliphatic carbocycles. The number of hydrogen-bond donors (Lipinski definition) is 0. The highest BCUT2D eigenvalue weighted by atomic mass is 16.5. The number of carbonyl (C=O) groups excluding carboxylic acids is 1. The lowest BCUT2D eigenvalue weighted by Gasteiger charge is -2.17. The summed E-state index contributed by atoms with van der Waals surface area (Å²) in [7, 11) is 0. The summed E-state index contributed by atoms with van der Waals surface area (Å²) in [5.74, 6) is 1.24. The maximum Gasteiger partial charge on any atom is 0.330 e. The quantitative estimate of drug-likeness (QED) is 0.631. The van der Waals surface area contributed by atoms with Gasteiger partial charge in [-0.1, -0.05) is 12.1 Å². The number of likely N-dealkylation sites (tertiary alicyclic amines) is 1. The first-order valence-corrected chi connectivity index (χ1v) is 10.6. The molecule has 0 spiro atoms. The van der Waals surface area contributed by atoms with Gasteiger partial charge in [-0.25, -0.2) is 9.78 Å². The van der Waals surface area contributed by atoms with E-state index in [1.807, 2.05) is 47.9 Å². The number of rotatable bonds is 6. The van der Waals surface area contributed by atoms with Gasteiger partial charge in [0.05, 0.1) is 11.6 Å². The number of fused-ring (bicyclic) bond motifs is 1. The molecule has 3 aromatic rings. The van der Waals surface area contributed by atoms with Crippen molar-refractivity contribution in [3.05, 3.63) is 58.6 Å². The van der Waals surface area contributed by atoms with E-state index in [0.717, 1.165) is 29.7 Å². The number of aryl methyl sites for hydroxylation is 1. The van der Waals surface area contributed by atoms with Crippen LogP contribution in [-0.4, -0.2) is 44.6 Å². The first-order chi connectivity index (χ1) is 14.6. The molecule has 1 aromatic carbocycles. The van der Waals surface area contributed by atoms with Gasteiger partial charge in [-0.15, -0.1) is 0 Å². The number of hydrogen-bond acceptors (Lipinski definition) is 4. The van der Waals surface area contributed by atoms with Crippen molar-refractivity contribution in [2.24, 2.45) is 5.92 Å². The van der Waals surface area contributed by atoms with Gasteiger partial charge in [0.1, 0.15) is 5.75 Å². The van der Waals surface area contributed by atoms with Crippen molar-refractivity contribution in [3.8, 4) is 5.75 Å². The van der Waals surface area contributed by atoms with E-state index in [0.29, 0.717) is 24.8 Å². The maximum absolute atomic E-state index is 13.2. The summed E-state index contributed by atoms with van der Waals surface area (Å²) in [4.78, 5) is 32.2. The fraction of sp³-hybridized carbons (Fsp3) is 0.435. The van der Waals surface area contributed by atoms with Crippen molar-refractivity contribution < 1.29 is 9.53 Å². The number of imidazole rings is 1. The van der Waals surface area contributed by atoms with Crippen molar-refractivity contribution in [3.63, 3.8) is 0 Å². The van der Waals surface area contributed by atoms with Gasteiger partial charge in [0.15, 0.2) is 12.3 Å². The molecule has 30 heavy (non-hydrogen) atoms. The minimum atomic E-state index is -0.0572. The predicted molar refractivity (Wildman–Crippen MR) is 114 cm³/mol. The summed E-state index contributed by atoms with van der Waals surface area (Å²) in [5.41, 5.74) is 2.70. The second-order valence-corrected chi connectivity index (χ2v) is 8.44. The van der Waals surface area contributed by atoms with Crippen LogP contribution in [0.4, 0.5) is 0 Å². The van der Waals surface area contributed by atoms with E-state index in [-0.39, 0.29) is 24.2 Å². The van der Waals surface area contributed by atoms with Crippen LogP contribution in [0.1, 0.15) is 30.9 Å². The molecule has 3 heterocycles. The van der Waals surface area contributed by atoms with E-state index in [4.69, 9.17) is 4.74 Å². The second-order valence-electron chi connectivity index (χ2n) is 8.44. The van der Waals surface area contributed by atoms with E-state index in [1.165, 1.54) is 12.8 Å². The Morgan fingerprint density at radius 1 is 1.20 bits per heavy atom. The molecule has 1 aliphatic heterocycles. The van der Waals surface area contributed by atoms with Crippen LogP contribution in [0.2, 0.25) is 0 Å². The monoisotopic (exact) mass is 406 g/mol. The number of nitrogens with zero attached hydrogens (tertiary/aromatic N) is 4. The third-order valence-electron chi connectivity index (χ3n) is 6.09. The summed E-state index contributed by atoms with van der Waals surface area (Å²) < 4.78 is 9.34. The Morgan fingerprint density at radius 3 is 2.87 bits per heavy atom. The minimum absolute atomic E-state index is 0.00671. The highest BCUT2D eigenvalue weighted by Crippen LogP contribution is 2.32. The van der Waals surface area contributed by atoms with Crippen molar-refractivity contribution in [2.75, 3.05) is 19.7 Å². The maximum atomic E-state index is 13.2. The van der Waals surface area contributed by atoms with Gasteiger partial charge in [0.2, 0.25) is 0 Å². The SMILES string of the molecule is Cc1cccc(OCC(=O)N2CCC(n3c(=O)n(CC4CC4)c4cccnc43)C2)c1. The van der Waals surface area contributed by atoms with Gasteiger partial charge >= 0.3 is 5.69 Å². The second kappa shape index (κ2) is 7.63. The van der Waals surface area contributed by atoms with Crippen LogP contribution in [0.25, 0.3) is 11.2 Å². The smallest absolute Gasteiger partial charge is 0.330 e. The number of amides is 1. The number of ether oxygens (including phenoxy) is 1. The Bertz CT molecular complexity index is 1140. The Hall–Kier alpha value is -3.09. The molecule has 5 rings (SSSR count). The predicted octanol–water partition coefficient (Wildman–Crippen LogP) is 2.77. The molecule has 0 N–H and O–H groups in total. The summed E-state index contributed by atoms with van der Waals surface area (Å²) in [6.07, 6.45) is 4.85. The molecule has 7 nitrogen and oxygen atoms in total. The van der Waals surface area contributed by atoms with Crippen LogP contribution in [0.5, 0.6) is 5.75 Å². The van der Waals surface area contributed by atoms with Crippen LogP contribution in [0.15, 0.2) is 47.4 Å². The van der Waals surface area contributed by atoms with Crippen molar-refractivity contribution in [1.82, 2.24) is 19.0 Å². The largest absolute Gasteiger partial charge is 0.484 e. The van der Waals surface area contributed by atoms with Gasteiger partial charge in [-0.2, -0.15) is 0 Å². The Kier molecular flexibility index (Phi) is 4.81. The number of benzene rings is 1. The lowest BCUT2D eigenvalue weighted by Crippen LogP contribution is -2.35. The molecule has 1 unspecified atom stereocenters. The van der Waals surface area contributed by atoms with Crippen molar-refractivity contribution in [2.45, 2.75) is 38.8 Å². The molecule has 1 atom stereocenters. The average Bonchev–Trinajstić information content (AvgIpc) is 3.37. The minimum Gasteiger partial charge on any atom is -0.484 e. The van der Waals surface area contributed by atoms with Crippen molar-refractivity contribution >= 4 is 17.1 Å². The molecular weight excluding hydrogens is 380 g/mol. The first kappa shape index (κ1) is 18.9. The standard InChI is InChI=1S/C23H26N4O3/c1-16-4-2-5-19(12-16)30-15-21(28)25-11-9-18(14-25)27-22-20(6-3-10-24-22)26(23(27)29)13-17-7-8-17/h2-6,10,12,17-18H,7-9,11,13-15H2,1H3. The molecule has 0 bridgehead atoms. The van der Waals surface area contributed by atoms with Gasteiger partial charge in [0, 0.05) is 25.8 Å². The van der Waals surface area contributed by atoms with Gasteiger partial charge in [0.25, 0.3) is 5.91 Å². The molecular formula is C23H26N4O3. The van der Waals surface area contributed by atoms with E-state index >= 15 is 0 Å². The van der Waals surface area contributed by atoms with Gasteiger partial charge < -0.3 is 9.64 Å². The Balaban J connectivity index is 1.32. The van der Waals surface area contributed by atoms with Gasteiger partial charge in [-0.3, -0.25) is 13.9 Å². The zero-order valence-corrected chi connectivity index (χ0v) is 17.2. The fourth-order valence-electron chi connectivity index (χ4n) is 4.29. The van der Waals surface area contributed by atoms with Crippen LogP contribution in [-0.2, 0) is 11.3 Å². The lowest BCUT2D eigenvalue weighted by molar-refractivity contribution is -0.132. The molecule has 2 fully saturated rings. The Labute approximate surface area is 174 Å². The van der Waals surface area contributed by atoms with Crippen LogP contribution >= 0.6 is 0 Å². The molecule has 2 aliphatic rings. The Morgan fingerprint density at radius 2 is 2.07 bits per heavy atom. The molecule has 156 valence electrons. The highest BCUT2D eigenvalue weighted by Gasteiger charge is 2.32. The topological polar surface area (TPSA) is 69.4 Å². The summed E-state index contributed by atoms with van der Waals surface area (Å²) in [6, 6.07) is 11.5. The number of aromatic nitrogens is 3. The number of carbonyl (C=O) groups is 1. The third kappa shape index (κ3) is 3.60. The highest BCUT2D eigenvalue weighted by molar-refractivity contribution is 5.78. The summed E-state index contributed by atoms with van der Waals surface area (Å²) in [5, 5.41) is 0. The number of pyridine rings is 1.